The maximum atomic E-state index is 12.4. The summed E-state index contributed by atoms with van der Waals surface area (Å²) in [4.78, 5) is 12.4. The minimum Gasteiger partial charge on any atom is -0.478 e. The molecule has 2 bridgehead atoms. The molecule has 4 unspecified atom stereocenters. The van der Waals surface area contributed by atoms with Crippen LogP contribution in [-0.2, 0) is 4.79 Å². The molecule has 2 fully saturated rings. The number of hydrogen-bond acceptors (Lipinski definition) is 3. The minimum absolute atomic E-state index is 0.113. The van der Waals surface area contributed by atoms with Crippen molar-refractivity contribution in [1.29, 1.82) is 0 Å². The third kappa shape index (κ3) is 1.86. The maximum Gasteiger partial charge on any atom is 0.351 e. The summed E-state index contributed by atoms with van der Waals surface area (Å²) in [6, 6.07) is 8.98. The summed E-state index contributed by atoms with van der Waals surface area (Å²) in [5, 5.41) is 22.0. The van der Waals surface area contributed by atoms with Crippen LogP contribution in [0.1, 0.15) is 53.4 Å². The molecule has 2 N–H and O–H groups in total. The second kappa shape index (κ2) is 5.22. The van der Waals surface area contributed by atoms with Crippen LogP contribution in [0.15, 0.2) is 30.3 Å². The van der Waals surface area contributed by atoms with E-state index < -0.39 is 22.6 Å². The summed E-state index contributed by atoms with van der Waals surface area (Å²) >= 11 is 0. The van der Waals surface area contributed by atoms with E-state index in [0.29, 0.717) is 18.1 Å². The Bertz CT molecular complexity index is 640. The first-order valence-electron chi connectivity index (χ1n) is 8.84. The van der Waals surface area contributed by atoms with E-state index in [4.69, 9.17) is 4.74 Å². The van der Waals surface area contributed by atoms with Crippen LogP contribution in [0.5, 0.6) is 5.75 Å². The first-order valence-corrected chi connectivity index (χ1v) is 8.84. The number of hydrogen-bond donors (Lipinski definition) is 2. The Hall–Kier alpha value is -1.55. The van der Waals surface area contributed by atoms with Crippen molar-refractivity contribution in [1.82, 2.24) is 0 Å². The van der Waals surface area contributed by atoms with Crippen molar-refractivity contribution >= 4 is 5.97 Å². The van der Waals surface area contributed by atoms with Crippen LogP contribution in [0.3, 0.4) is 0 Å². The van der Waals surface area contributed by atoms with Crippen LogP contribution in [-0.4, -0.2) is 27.4 Å². The monoisotopic (exact) mass is 332 g/mol. The largest absolute Gasteiger partial charge is 0.478 e. The fraction of sp³-hybridized carbons (Fsp3) is 0.650. The lowest BCUT2D eigenvalue weighted by molar-refractivity contribution is -0.219. The molecule has 1 aromatic rings. The van der Waals surface area contributed by atoms with E-state index in [2.05, 4.69) is 13.8 Å². The highest BCUT2D eigenvalue weighted by molar-refractivity contribution is 5.80. The molecule has 4 nitrogen and oxygen atoms in total. The topological polar surface area (TPSA) is 66.8 Å². The molecule has 2 saturated carbocycles. The van der Waals surface area contributed by atoms with E-state index in [1.54, 1.807) is 19.1 Å². The van der Waals surface area contributed by atoms with E-state index in [1.165, 1.54) is 0 Å². The van der Waals surface area contributed by atoms with Gasteiger partial charge in [-0.15, -0.1) is 0 Å². The number of aliphatic hydroxyl groups is 1. The molecule has 0 heterocycles. The summed E-state index contributed by atoms with van der Waals surface area (Å²) in [5.74, 6) is -0.280. The Balaban J connectivity index is 2.12. The molecule has 1 aromatic carbocycles. The van der Waals surface area contributed by atoms with Crippen molar-refractivity contribution in [3.05, 3.63) is 30.3 Å². The molecule has 0 aromatic heterocycles. The standard InChI is InChI=1S/C20H28O4/c1-5-19(16(21)22,24-15-9-7-6-8-10-15)20(23)13-14-11-12-18(20,4)17(14,2)3/h6-10,14,23H,5,11-13H2,1-4H3,(H,21,22). The van der Waals surface area contributed by atoms with Crippen molar-refractivity contribution in [2.24, 2.45) is 16.7 Å². The van der Waals surface area contributed by atoms with E-state index in [9.17, 15) is 15.0 Å². The highest BCUT2D eigenvalue weighted by Crippen LogP contribution is 2.72. The number of para-hydroxylation sites is 1. The first kappa shape index (κ1) is 17.3. The van der Waals surface area contributed by atoms with Crippen molar-refractivity contribution in [3.8, 4) is 5.75 Å². The third-order valence-corrected chi connectivity index (χ3v) is 7.44. The van der Waals surface area contributed by atoms with Crippen LogP contribution < -0.4 is 4.74 Å². The molecule has 2 aliphatic rings. The van der Waals surface area contributed by atoms with Gasteiger partial charge < -0.3 is 14.9 Å². The highest BCUT2D eigenvalue weighted by Gasteiger charge is 2.77. The molecular weight excluding hydrogens is 304 g/mol. The Morgan fingerprint density at radius 2 is 1.92 bits per heavy atom. The average molecular weight is 332 g/mol. The summed E-state index contributed by atoms with van der Waals surface area (Å²) in [6.45, 7) is 8.15. The summed E-state index contributed by atoms with van der Waals surface area (Å²) in [6.07, 6.45) is 2.56. The van der Waals surface area contributed by atoms with E-state index >= 15 is 0 Å². The van der Waals surface area contributed by atoms with Crippen LogP contribution in [0.2, 0.25) is 0 Å². The number of aliphatic carboxylic acids is 1. The molecule has 132 valence electrons. The molecule has 2 aliphatic carbocycles. The number of carboxylic acid groups (broad SMARTS) is 1. The van der Waals surface area contributed by atoms with Crippen LogP contribution in [0.25, 0.3) is 0 Å². The van der Waals surface area contributed by atoms with Gasteiger partial charge in [0.25, 0.3) is 0 Å². The van der Waals surface area contributed by atoms with Crippen molar-refractivity contribution < 1.29 is 19.7 Å². The number of carboxylic acids is 1. The SMILES string of the molecule is CCC(Oc1ccccc1)(C(=O)O)C1(O)CC2CCC1(C)C2(C)C. The Kier molecular flexibility index (Phi) is 3.76. The van der Waals surface area contributed by atoms with Gasteiger partial charge in [-0.05, 0) is 49.1 Å². The smallest absolute Gasteiger partial charge is 0.351 e. The van der Waals surface area contributed by atoms with Crippen LogP contribution in [0, 0.1) is 16.7 Å². The van der Waals surface area contributed by atoms with Crippen LogP contribution in [0.4, 0.5) is 0 Å². The summed E-state index contributed by atoms with van der Waals surface area (Å²) in [5.41, 5.74) is -3.65. The maximum absolute atomic E-state index is 12.4. The molecule has 0 radical (unpaired) electrons. The predicted molar refractivity (Wildman–Crippen MR) is 91.9 cm³/mol. The van der Waals surface area contributed by atoms with Crippen molar-refractivity contribution in [3.63, 3.8) is 0 Å². The predicted octanol–water partition coefficient (Wildman–Crippen LogP) is 3.88. The fourth-order valence-corrected chi connectivity index (χ4v) is 5.40. The van der Waals surface area contributed by atoms with Gasteiger partial charge in [0.2, 0.25) is 5.60 Å². The molecule has 0 amide bonds. The molecular formula is C20H28O4. The third-order valence-electron chi connectivity index (χ3n) is 7.44. The zero-order chi connectivity index (χ0) is 17.8. The van der Waals surface area contributed by atoms with E-state index in [1.807, 2.05) is 25.1 Å². The molecule has 0 aliphatic heterocycles. The van der Waals surface area contributed by atoms with E-state index in [-0.39, 0.29) is 11.8 Å². The number of rotatable bonds is 5. The first-order chi connectivity index (χ1) is 11.1. The van der Waals surface area contributed by atoms with Gasteiger partial charge in [-0.2, -0.15) is 0 Å². The number of fused-ring (bicyclic) bond motifs is 2. The molecule has 4 heteroatoms. The molecule has 0 spiro atoms. The quantitative estimate of drug-likeness (QED) is 0.859. The van der Waals surface area contributed by atoms with E-state index in [0.717, 1.165) is 12.8 Å². The summed E-state index contributed by atoms with van der Waals surface area (Å²) in [7, 11) is 0. The van der Waals surface area contributed by atoms with Gasteiger partial charge in [0, 0.05) is 5.41 Å². The average Bonchev–Trinajstić information content (AvgIpc) is 2.85. The lowest BCUT2D eigenvalue weighted by Crippen LogP contribution is -2.69. The molecule has 0 saturated heterocycles. The number of carbonyl (C=O) groups is 1. The zero-order valence-corrected chi connectivity index (χ0v) is 15.0. The number of benzene rings is 1. The van der Waals surface area contributed by atoms with Gasteiger partial charge in [0.05, 0.1) is 0 Å². The lowest BCUT2D eigenvalue weighted by atomic mass is 9.58. The van der Waals surface area contributed by atoms with Gasteiger partial charge in [-0.25, -0.2) is 4.79 Å². The van der Waals surface area contributed by atoms with Gasteiger partial charge in [-0.1, -0.05) is 45.9 Å². The Morgan fingerprint density at radius 3 is 2.33 bits per heavy atom. The second-order valence-electron chi connectivity index (χ2n) is 8.25. The van der Waals surface area contributed by atoms with Crippen molar-refractivity contribution in [2.75, 3.05) is 0 Å². The molecule has 4 atom stereocenters. The normalized spacial score (nSPS) is 36.3. The van der Waals surface area contributed by atoms with Crippen molar-refractivity contribution in [2.45, 2.75) is 64.6 Å². The van der Waals surface area contributed by atoms with Gasteiger partial charge >= 0.3 is 5.97 Å². The zero-order valence-electron chi connectivity index (χ0n) is 15.0. The molecule has 24 heavy (non-hydrogen) atoms. The highest BCUT2D eigenvalue weighted by atomic mass is 16.5. The van der Waals surface area contributed by atoms with Gasteiger partial charge in [-0.3, -0.25) is 0 Å². The van der Waals surface area contributed by atoms with Gasteiger partial charge in [0.15, 0.2) is 0 Å². The lowest BCUT2D eigenvalue weighted by Gasteiger charge is -2.53. The fourth-order valence-electron chi connectivity index (χ4n) is 5.40. The van der Waals surface area contributed by atoms with Crippen LogP contribution >= 0.6 is 0 Å². The van der Waals surface area contributed by atoms with Gasteiger partial charge in [0.1, 0.15) is 11.4 Å². The second-order valence-corrected chi connectivity index (χ2v) is 8.25. The minimum atomic E-state index is -1.64. The summed E-state index contributed by atoms with van der Waals surface area (Å²) < 4.78 is 6.06. The molecule has 3 rings (SSSR count). The Labute approximate surface area is 143 Å². The number of ether oxygens (including phenoxy) is 1. The Morgan fingerprint density at radius 1 is 1.29 bits per heavy atom.